The van der Waals surface area contributed by atoms with E-state index in [1.807, 2.05) is 12.1 Å². The number of pyridine rings is 1. The zero-order chi connectivity index (χ0) is 20.7. The molecule has 3 heterocycles. The summed E-state index contributed by atoms with van der Waals surface area (Å²) in [7, 11) is 1.40. The van der Waals surface area contributed by atoms with Crippen molar-refractivity contribution in [3.05, 3.63) is 51.8 Å². The van der Waals surface area contributed by atoms with E-state index in [2.05, 4.69) is 10.2 Å². The van der Waals surface area contributed by atoms with Gasteiger partial charge in [0.15, 0.2) is 0 Å². The molecule has 1 aromatic heterocycles. The molecule has 2 aliphatic rings. The standard InChI is InChI=1S/C20H20N4O5/c1-29-20(28)11-6-8-23(9-7-11)12-2-4-13(5-3-12)24-15(25)10-14-16(17(24)21)19(27)22-18(14)26/h2-5,10-11H,6-9,21H2,1H3,(H,22,26,27). The number of nitrogens with two attached hydrogens (primary N) is 1. The molecule has 1 aromatic carbocycles. The van der Waals surface area contributed by atoms with Gasteiger partial charge in [-0.1, -0.05) is 0 Å². The van der Waals surface area contributed by atoms with Crippen LogP contribution in [-0.4, -0.2) is 42.6 Å². The summed E-state index contributed by atoms with van der Waals surface area (Å²) in [5.74, 6) is -1.54. The van der Waals surface area contributed by atoms with Crippen LogP contribution >= 0.6 is 0 Å². The highest BCUT2D eigenvalue weighted by atomic mass is 16.5. The first-order chi connectivity index (χ1) is 13.9. The number of nitrogens with zero attached hydrogens (tertiary/aromatic N) is 2. The van der Waals surface area contributed by atoms with Gasteiger partial charge in [0.2, 0.25) is 0 Å². The number of amides is 2. The van der Waals surface area contributed by atoms with Gasteiger partial charge in [-0.05, 0) is 37.1 Å². The summed E-state index contributed by atoms with van der Waals surface area (Å²) in [6, 6.07) is 8.31. The van der Waals surface area contributed by atoms with Gasteiger partial charge in [0.1, 0.15) is 5.82 Å². The molecule has 150 valence electrons. The summed E-state index contributed by atoms with van der Waals surface area (Å²) >= 11 is 0. The van der Waals surface area contributed by atoms with Crippen molar-refractivity contribution < 1.29 is 19.1 Å². The quantitative estimate of drug-likeness (QED) is 0.578. The van der Waals surface area contributed by atoms with E-state index in [-0.39, 0.29) is 28.8 Å². The topological polar surface area (TPSA) is 124 Å². The van der Waals surface area contributed by atoms with E-state index in [1.165, 1.54) is 11.7 Å². The molecule has 1 fully saturated rings. The highest BCUT2D eigenvalue weighted by Gasteiger charge is 2.32. The molecular formula is C20H20N4O5. The summed E-state index contributed by atoms with van der Waals surface area (Å²) in [5, 5.41) is 2.15. The second kappa shape index (κ2) is 7.08. The van der Waals surface area contributed by atoms with Crippen LogP contribution in [-0.2, 0) is 9.53 Å². The number of piperidine rings is 1. The molecule has 0 unspecified atom stereocenters. The van der Waals surface area contributed by atoms with Crippen molar-refractivity contribution in [2.24, 2.45) is 5.92 Å². The number of carbonyl (C=O) groups excluding carboxylic acids is 3. The van der Waals surface area contributed by atoms with E-state index in [1.54, 1.807) is 12.1 Å². The van der Waals surface area contributed by atoms with Crippen molar-refractivity contribution in [3.8, 4) is 5.69 Å². The minimum Gasteiger partial charge on any atom is -0.469 e. The van der Waals surface area contributed by atoms with Gasteiger partial charge in [0.25, 0.3) is 17.4 Å². The normalized spacial score (nSPS) is 16.5. The van der Waals surface area contributed by atoms with Crippen molar-refractivity contribution in [1.29, 1.82) is 0 Å². The Morgan fingerprint density at radius 2 is 1.69 bits per heavy atom. The predicted octanol–water partition coefficient (Wildman–Crippen LogP) is 0.693. The zero-order valence-electron chi connectivity index (χ0n) is 15.8. The van der Waals surface area contributed by atoms with E-state index < -0.39 is 17.4 Å². The molecule has 0 saturated carbocycles. The van der Waals surface area contributed by atoms with E-state index in [9.17, 15) is 19.2 Å². The molecule has 9 nitrogen and oxygen atoms in total. The van der Waals surface area contributed by atoms with E-state index in [4.69, 9.17) is 10.5 Å². The van der Waals surface area contributed by atoms with E-state index in [0.717, 1.165) is 37.7 Å². The second-order valence-electron chi connectivity index (χ2n) is 7.08. The van der Waals surface area contributed by atoms with Crippen molar-refractivity contribution in [3.63, 3.8) is 0 Å². The Kier molecular flexibility index (Phi) is 4.57. The summed E-state index contributed by atoms with van der Waals surface area (Å²) < 4.78 is 6.03. The molecule has 1 saturated heterocycles. The Morgan fingerprint density at radius 3 is 2.31 bits per heavy atom. The predicted molar refractivity (Wildman–Crippen MR) is 105 cm³/mol. The van der Waals surface area contributed by atoms with E-state index in [0.29, 0.717) is 5.69 Å². The lowest BCUT2D eigenvalue weighted by Crippen LogP contribution is -2.36. The number of nitrogen functional groups attached to an aromatic ring is 1. The highest BCUT2D eigenvalue weighted by Crippen LogP contribution is 2.27. The first-order valence-electron chi connectivity index (χ1n) is 9.25. The summed E-state index contributed by atoms with van der Waals surface area (Å²) in [6.07, 6.45) is 1.43. The zero-order valence-corrected chi connectivity index (χ0v) is 15.8. The second-order valence-corrected chi connectivity index (χ2v) is 7.08. The lowest BCUT2D eigenvalue weighted by atomic mass is 9.96. The van der Waals surface area contributed by atoms with Crippen LogP contribution in [0.5, 0.6) is 0 Å². The molecule has 0 aliphatic carbocycles. The third-order valence-corrected chi connectivity index (χ3v) is 5.46. The molecule has 0 atom stereocenters. The van der Waals surface area contributed by atoms with Gasteiger partial charge < -0.3 is 15.4 Å². The first-order valence-corrected chi connectivity index (χ1v) is 9.25. The minimum atomic E-state index is -0.619. The van der Waals surface area contributed by atoms with Gasteiger partial charge in [-0.3, -0.25) is 29.1 Å². The molecule has 9 heteroatoms. The molecule has 2 aromatic rings. The van der Waals surface area contributed by atoms with Crippen LogP contribution in [0.4, 0.5) is 11.5 Å². The van der Waals surface area contributed by atoms with Crippen LogP contribution in [0.15, 0.2) is 35.1 Å². The highest BCUT2D eigenvalue weighted by molar-refractivity contribution is 6.23. The van der Waals surface area contributed by atoms with Crippen molar-refractivity contribution in [2.45, 2.75) is 12.8 Å². The van der Waals surface area contributed by atoms with Gasteiger partial charge in [-0.15, -0.1) is 0 Å². The van der Waals surface area contributed by atoms with Gasteiger partial charge in [-0.2, -0.15) is 0 Å². The smallest absolute Gasteiger partial charge is 0.308 e. The molecule has 29 heavy (non-hydrogen) atoms. The maximum Gasteiger partial charge on any atom is 0.308 e. The molecular weight excluding hydrogens is 376 g/mol. The van der Waals surface area contributed by atoms with Crippen LogP contribution in [0.3, 0.4) is 0 Å². The number of fused-ring (bicyclic) bond motifs is 1. The van der Waals surface area contributed by atoms with Crippen molar-refractivity contribution in [2.75, 3.05) is 30.8 Å². The number of carbonyl (C=O) groups is 3. The number of nitrogens with one attached hydrogen (secondary N) is 1. The number of hydrogen-bond acceptors (Lipinski definition) is 7. The Morgan fingerprint density at radius 1 is 1.07 bits per heavy atom. The number of anilines is 2. The Bertz CT molecular complexity index is 1070. The fourth-order valence-electron chi connectivity index (χ4n) is 3.90. The van der Waals surface area contributed by atoms with Crippen LogP contribution in [0, 0.1) is 5.92 Å². The van der Waals surface area contributed by atoms with Gasteiger partial charge >= 0.3 is 5.97 Å². The SMILES string of the molecule is COC(=O)C1CCN(c2ccc(-n3c(N)c4c(cc3=O)C(=O)NC4=O)cc2)CC1. The lowest BCUT2D eigenvalue weighted by molar-refractivity contribution is -0.146. The number of esters is 1. The van der Waals surface area contributed by atoms with Crippen molar-refractivity contribution in [1.82, 2.24) is 9.88 Å². The van der Waals surface area contributed by atoms with Crippen LogP contribution in [0.25, 0.3) is 5.69 Å². The molecule has 2 amide bonds. The number of aromatic nitrogens is 1. The molecule has 4 rings (SSSR count). The molecule has 2 aliphatic heterocycles. The maximum atomic E-state index is 12.5. The van der Waals surface area contributed by atoms with Gasteiger partial charge in [0.05, 0.1) is 29.8 Å². The van der Waals surface area contributed by atoms with E-state index >= 15 is 0 Å². The number of methoxy groups -OCH3 is 1. The minimum absolute atomic E-state index is 0.00107. The average Bonchev–Trinajstić information content (AvgIpc) is 3.01. The Labute approximate surface area is 166 Å². The van der Waals surface area contributed by atoms with Gasteiger partial charge in [-0.25, -0.2) is 0 Å². The third kappa shape index (κ3) is 3.14. The molecule has 0 bridgehead atoms. The fraction of sp³-hybridized carbons (Fsp3) is 0.300. The number of ether oxygens (including phenoxy) is 1. The summed E-state index contributed by atoms with van der Waals surface area (Å²) in [6.45, 7) is 1.45. The van der Waals surface area contributed by atoms with Crippen molar-refractivity contribution >= 4 is 29.3 Å². The fourth-order valence-corrected chi connectivity index (χ4v) is 3.90. The lowest BCUT2D eigenvalue weighted by Gasteiger charge is -2.32. The largest absolute Gasteiger partial charge is 0.469 e. The Hall–Kier alpha value is -3.62. The summed E-state index contributed by atoms with van der Waals surface area (Å²) in [5.41, 5.74) is 7.03. The van der Waals surface area contributed by atoms with Gasteiger partial charge in [0, 0.05) is 24.8 Å². The number of benzene rings is 1. The number of hydrogen-bond donors (Lipinski definition) is 2. The van der Waals surface area contributed by atoms with Crippen LogP contribution in [0.2, 0.25) is 0 Å². The number of imide groups is 1. The van der Waals surface area contributed by atoms with Crippen LogP contribution in [0.1, 0.15) is 33.6 Å². The third-order valence-electron chi connectivity index (χ3n) is 5.46. The summed E-state index contributed by atoms with van der Waals surface area (Å²) in [4.78, 5) is 50.1. The Balaban J connectivity index is 1.59. The molecule has 0 radical (unpaired) electrons. The van der Waals surface area contributed by atoms with Crippen LogP contribution < -0.4 is 21.5 Å². The molecule has 0 spiro atoms. The maximum absolute atomic E-state index is 12.5. The monoisotopic (exact) mass is 396 g/mol. The first kappa shape index (κ1) is 18.7. The number of rotatable bonds is 3. The average molecular weight is 396 g/mol. The molecule has 3 N–H and O–H groups in total.